The van der Waals surface area contributed by atoms with Crippen molar-refractivity contribution in [3.8, 4) is 0 Å². The Morgan fingerprint density at radius 1 is 0.453 bits per heavy atom. The number of nitrogens with zero attached hydrogens (tertiary/aromatic N) is 1. The van der Waals surface area contributed by atoms with E-state index in [9.17, 15) is 14.1 Å². The lowest BCUT2D eigenvalue weighted by molar-refractivity contribution is -0.929. The zero-order valence-electron chi connectivity index (χ0n) is 34.4. The number of hydrogen-bond donors (Lipinski definition) is 2. The number of carboxylic acids is 2. The third-order valence-corrected chi connectivity index (χ3v) is 12.1. The average molecular weight is 757 g/mol. The van der Waals surface area contributed by atoms with Gasteiger partial charge in [-0.15, -0.1) is 0 Å². The number of unbranched alkanes of at least 4 members (excludes halogenated alkanes) is 20. The third-order valence-electron chi connectivity index (χ3n) is 10.6. The van der Waals surface area contributed by atoms with Crippen LogP contribution in [0.3, 0.4) is 0 Å². The molecule has 0 aliphatic rings. The number of quaternary nitrogens is 1. The molecule has 0 saturated heterocycles. The van der Waals surface area contributed by atoms with Crippen LogP contribution in [0.5, 0.6) is 0 Å². The highest BCUT2D eigenvalue weighted by molar-refractivity contribution is 7.91. The van der Waals surface area contributed by atoms with E-state index in [1.807, 2.05) is 0 Å². The minimum absolute atomic E-state index is 0.0775. The molecular formula is C46H78NO5S+. The van der Waals surface area contributed by atoms with E-state index in [1.54, 1.807) is 12.1 Å². The van der Waals surface area contributed by atoms with Crippen molar-refractivity contribution in [1.29, 1.82) is 0 Å². The van der Waals surface area contributed by atoms with Crippen molar-refractivity contribution in [1.82, 2.24) is 0 Å². The van der Waals surface area contributed by atoms with E-state index < -0.39 is 23.1 Å². The predicted molar refractivity (Wildman–Crippen MR) is 225 cm³/mol. The zero-order valence-corrected chi connectivity index (χ0v) is 35.2. The van der Waals surface area contributed by atoms with Crippen molar-refractivity contribution in [2.75, 3.05) is 26.2 Å². The Morgan fingerprint density at radius 2 is 0.698 bits per heavy atom. The normalized spacial score (nSPS) is 11.4. The molecule has 0 aliphatic carbocycles. The van der Waals surface area contributed by atoms with Gasteiger partial charge < -0.3 is 19.2 Å². The second-order valence-corrected chi connectivity index (χ2v) is 16.6. The van der Waals surface area contributed by atoms with Gasteiger partial charge in [-0.05, 0) is 75.6 Å². The molecule has 0 radical (unpaired) electrons. The number of benzene rings is 2. The lowest BCUT2D eigenvalue weighted by Gasteiger charge is -2.40. The summed E-state index contributed by atoms with van der Waals surface area (Å²) in [6.07, 6.45) is 34.8. The van der Waals surface area contributed by atoms with Crippen LogP contribution in [0.4, 0.5) is 0 Å². The molecule has 0 atom stereocenters. The molecule has 0 aliphatic heterocycles. The maximum absolute atomic E-state index is 12.5. The minimum atomic E-state index is -1.87. The molecule has 0 heterocycles. The lowest BCUT2D eigenvalue weighted by atomic mass is 10.0. The number of carboxylic acid groups (broad SMARTS) is 2. The molecule has 0 spiro atoms. The van der Waals surface area contributed by atoms with Crippen LogP contribution in [-0.2, 0) is 11.2 Å². The Kier molecular flexibility index (Phi) is 29.3. The molecular weight excluding hydrogens is 679 g/mol. The van der Waals surface area contributed by atoms with E-state index in [0.717, 1.165) is 0 Å². The maximum atomic E-state index is 12.5. The highest BCUT2D eigenvalue weighted by Crippen LogP contribution is 2.27. The highest BCUT2D eigenvalue weighted by Gasteiger charge is 2.27. The van der Waals surface area contributed by atoms with Crippen LogP contribution in [0.25, 0.3) is 0 Å². The molecule has 0 unspecified atom stereocenters. The average Bonchev–Trinajstić information content (AvgIpc) is 3.17. The first kappa shape index (κ1) is 48.7. The second kappa shape index (κ2) is 31.9. The fourth-order valence-corrected chi connectivity index (χ4v) is 8.66. The van der Waals surface area contributed by atoms with Gasteiger partial charge >= 0.3 is 11.9 Å². The largest absolute Gasteiger partial charge is 0.606 e. The van der Waals surface area contributed by atoms with Crippen LogP contribution in [0.15, 0.2) is 58.3 Å². The molecule has 2 N–H and O–H groups in total. The maximum Gasteiger partial charge on any atom is 0.340 e. The summed E-state index contributed by atoms with van der Waals surface area (Å²) < 4.78 is 14.0. The number of rotatable bonds is 32. The van der Waals surface area contributed by atoms with Crippen molar-refractivity contribution < 1.29 is 28.8 Å². The smallest absolute Gasteiger partial charge is 0.340 e. The summed E-state index contributed by atoms with van der Waals surface area (Å²) in [6.45, 7) is 15.3. The standard InChI is InChI=1S/C32H68N.C14H10O5S/c1-5-9-13-17-21-25-29-33(30-26-22-18-14-10-6-2,31-27-23-19-15-11-7-3)32-28-24-20-16-12-8-4;15-13(16)9-5-1-3-7-11(9)20(19)12-8-4-2-6-10(12)14(17)18/h5-32H2,1-4H3;1-8H,(H,15,16)(H,17,18)/q+1;. The quantitative estimate of drug-likeness (QED) is 0.0440. The van der Waals surface area contributed by atoms with Crippen LogP contribution in [0.1, 0.15) is 203 Å². The fraction of sp³-hybridized carbons (Fsp3) is 0.696. The van der Waals surface area contributed by atoms with Crippen molar-refractivity contribution in [3.63, 3.8) is 0 Å². The molecule has 0 fully saturated rings. The van der Waals surface area contributed by atoms with E-state index in [4.69, 9.17) is 10.2 Å². The first-order valence-corrected chi connectivity index (χ1v) is 22.8. The van der Waals surface area contributed by atoms with Crippen LogP contribution in [0, 0.1) is 0 Å². The Morgan fingerprint density at radius 3 is 0.962 bits per heavy atom. The molecule has 0 amide bonds. The van der Waals surface area contributed by atoms with Gasteiger partial charge in [0, 0.05) is 11.2 Å². The second-order valence-electron chi connectivity index (χ2n) is 15.2. The fourth-order valence-electron chi connectivity index (χ4n) is 7.31. The molecule has 6 nitrogen and oxygen atoms in total. The van der Waals surface area contributed by atoms with Gasteiger partial charge in [-0.25, -0.2) is 9.59 Å². The molecule has 302 valence electrons. The van der Waals surface area contributed by atoms with Crippen molar-refractivity contribution >= 4 is 23.1 Å². The minimum Gasteiger partial charge on any atom is -0.606 e. The van der Waals surface area contributed by atoms with Gasteiger partial charge in [0.15, 0.2) is 9.79 Å². The van der Waals surface area contributed by atoms with Crippen LogP contribution in [0.2, 0.25) is 0 Å². The molecule has 53 heavy (non-hydrogen) atoms. The van der Waals surface area contributed by atoms with Gasteiger partial charge in [0.2, 0.25) is 0 Å². The van der Waals surface area contributed by atoms with E-state index in [-0.39, 0.29) is 20.9 Å². The van der Waals surface area contributed by atoms with Crippen molar-refractivity contribution in [3.05, 3.63) is 59.7 Å². The first-order chi connectivity index (χ1) is 25.8. The van der Waals surface area contributed by atoms with E-state index in [1.165, 1.54) is 221 Å². The summed E-state index contributed by atoms with van der Waals surface area (Å²) in [5, 5.41) is 18.2. The van der Waals surface area contributed by atoms with Crippen molar-refractivity contribution in [2.24, 2.45) is 0 Å². The monoisotopic (exact) mass is 757 g/mol. The third kappa shape index (κ3) is 22.0. The van der Waals surface area contributed by atoms with Gasteiger partial charge in [-0.3, -0.25) is 0 Å². The topological polar surface area (TPSA) is 97.7 Å². The van der Waals surface area contributed by atoms with E-state index in [2.05, 4.69) is 27.7 Å². The molecule has 0 aromatic heterocycles. The number of hydrogen-bond acceptors (Lipinski definition) is 3. The van der Waals surface area contributed by atoms with Crippen molar-refractivity contribution in [2.45, 2.75) is 192 Å². The first-order valence-electron chi connectivity index (χ1n) is 21.7. The predicted octanol–water partition coefficient (Wildman–Crippen LogP) is 13.5. The molecule has 0 saturated carbocycles. The molecule has 7 heteroatoms. The van der Waals surface area contributed by atoms with Gasteiger partial charge in [0.1, 0.15) is 11.1 Å². The molecule has 0 bridgehead atoms. The van der Waals surface area contributed by atoms with Crippen LogP contribution in [-0.4, -0.2) is 57.4 Å². The Balaban J connectivity index is 0.000000593. The summed E-state index contributed by atoms with van der Waals surface area (Å²) in [6, 6.07) is 11.7. The zero-order chi connectivity index (χ0) is 39.0. The Bertz CT molecular complexity index is 1080. The Hall–Kier alpha value is -2.35. The summed E-state index contributed by atoms with van der Waals surface area (Å²) in [5.74, 6) is -2.41. The highest BCUT2D eigenvalue weighted by atomic mass is 32.2. The molecule has 2 aromatic rings. The van der Waals surface area contributed by atoms with E-state index in [0.29, 0.717) is 0 Å². The number of carbonyl (C=O) groups is 2. The van der Waals surface area contributed by atoms with Gasteiger partial charge in [-0.2, -0.15) is 0 Å². The van der Waals surface area contributed by atoms with Crippen LogP contribution < -0.4 is 0 Å². The molecule has 2 aromatic carbocycles. The van der Waals surface area contributed by atoms with E-state index >= 15 is 0 Å². The summed E-state index contributed by atoms with van der Waals surface area (Å²) in [4.78, 5) is 22.4. The number of aromatic carboxylic acids is 2. The lowest BCUT2D eigenvalue weighted by Crippen LogP contribution is -2.50. The summed E-state index contributed by atoms with van der Waals surface area (Å²) >= 11 is -1.87. The SMILES string of the molecule is CCCCCCCC[N+](CCCCCCCC)(CCCCCCCC)CCCCCCCC.O=C(O)c1ccccc1[S+]([O-])c1ccccc1C(=O)O. The van der Waals surface area contributed by atoms with Gasteiger partial charge in [0.25, 0.3) is 0 Å². The van der Waals surface area contributed by atoms with Gasteiger partial charge in [-0.1, -0.05) is 155 Å². The Labute approximate surface area is 328 Å². The van der Waals surface area contributed by atoms with Crippen LogP contribution >= 0.6 is 0 Å². The summed E-state index contributed by atoms with van der Waals surface area (Å²) in [5.41, 5.74) is -0.211. The van der Waals surface area contributed by atoms with Gasteiger partial charge in [0.05, 0.1) is 26.2 Å². The molecule has 2 rings (SSSR count). The summed E-state index contributed by atoms with van der Waals surface area (Å²) in [7, 11) is 0.